The minimum atomic E-state index is -0.0656. The third-order valence-electron chi connectivity index (χ3n) is 6.44. The number of nitrogens with zero attached hydrogens (tertiary/aromatic N) is 2. The van der Waals surface area contributed by atoms with E-state index < -0.39 is 0 Å². The SMILES string of the molecule is Cc1ccc(C2CN(C(=O)c3ccccc3Oc3ccccc3)CCN2c2ccc(Cl)cc2Cl)cc1. The summed E-state index contributed by atoms with van der Waals surface area (Å²) in [6.45, 7) is 3.77. The first-order chi connectivity index (χ1) is 17.5. The minimum Gasteiger partial charge on any atom is -0.457 e. The number of halogens is 2. The fourth-order valence-electron chi connectivity index (χ4n) is 4.56. The number of piperazine rings is 1. The highest BCUT2D eigenvalue weighted by molar-refractivity contribution is 6.36. The van der Waals surface area contributed by atoms with Gasteiger partial charge in [-0.15, -0.1) is 0 Å². The molecule has 1 unspecified atom stereocenters. The van der Waals surface area contributed by atoms with Gasteiger partial charge in [0, 0.05) is 24.7 Å². The monoisotopic (exact) mass is 516 g/mol. The molecule has 0 saturated carbocycles. The second-order valence-electron chi connectivity index (χ2n) is 8.88. The van der Waals surface area contributed by atoms with Gasteiger partial charge in [0.15, 0.2) is 0 Å². The van der Waals surface area contributed by atoms with Gasteiger partial charge in [0.2, 0.25) is 0 Å². The van der Waals surface area contributed by atoms with Gasteiger partial charge in [-0.2, -0.15) is 0 Å². The maximum absolute atomic E-state index is 13.8. The Bertz CT molecular complexity index is 1360. The summed E-state index contributed by atoms with van der Waals surface area (Å²) in [5.41, 5.74) is 3.76. The summed E-state index contributed by atoms with van der Waals surface area (Å²) < 4.78 is 6.08. The van der Waals surface area contributed by atoms with Crippen LogP contribution >= 0.6 is 23.2 Å². The number of amides is 1. The van der Waals surface area contributed by atoms with Crippen LogP contribution in [0.2, 0.25) is 10.0 Å². The zero-order valence-corrected chi connectivity index (χ0v) is 21.4. The van der Waals surface area contributed by atoms with E-state index >= 15 is 0 Å². The van der Waals surface area contributed by atoms with Gasteiger partial charge in [-0.25, -0.2) is 0 Å². The van der Waals surface area contributed by atoms with Crippen LogP contribution in [-0.4, -0.2) is 30.4 Å². The van der Waals surface area contributed by atoms with Crippen LogP contribution in [0.15, 0.2) is 97.1 Å². The number of para-hydroxylation sites is 2. The number of aryl methyl sites for hydroxylation is 1. The smallest absolute Gasteiger partial charge is 0.257 e. The molecular weight excluding hydrogens is 491 g/mol. The van der Waals surface area contributed by atoms with Crippen molar-refractivity contribution < 1.29 is 9.53 Å². The topological polar surface area (TPSA) is 32.8 Å². The van der Waals surface area contributed by atoms with Crippen molar-refractivity contribution in [2.45, 2.75) is 13.0 Å². The van der Waals surface area contributed by atoms with E-state index in [1.807, 2.05) is 71.6 Å². The fraction of sp³-hybridized carbons (Fsp3) is 0.167. The van der Waals surface area contributed by atoms with Crippen LogP contribution in [0.3, 0.4) is 0 Å². The highest BCUT2D eigenvalue weighted by Crippen LogP contribution is 2.37. The molecule has 182 valence electrons. The Kier molecular flexibility index (Phi) is 7.17. The number of carbonyl (C=O) groups excluding carboxylic acids is 1. The Hall–Kier alpha value is -3.47. The number of carbonyl (C=O) groups is 1. The molecule has 0 radical (unpaired) electrons. The summed E-state index contributed by atoms with van der Waals surface area (Å²) >= 11 is 12.8. The van der Waals surface area contributed by atoms with Gasteiger partial charge < -0.3 is 14.5 Å². The van der Waals surface area contributed by atoms with E-state index in [0.717, 1.165) is 11.3 Å². The van der Waals surface area contributed by atoms with Gasteiger partial charge in [0.05, 0.1) is 22.3 Å². The van der Waals surface area contributed by atoms with Crippen molar-refractivity contribution in [1.82, 2.24) is 4.90 Å². The van der Waals surface area contributed by atoms with E-state index in [4.69, 9.17) is 27.9 Å². The maximum atomic E-state index is 13.8. The second-order valence-corrected chi connectivity index (χ2v) is 9.72. The zero-order valence-electron chi connectivity index (χ0n) is 19.9. The predicted molar refractivity (Wildman–Crippen MR) is 147 cm³/mol. The van der Waals surface area contributed by atoms with Crippen molar-refractivity contribution in [3.05, 3.63) is 124 Å². The molecule has 5 rings (SSSR count). The number of hydrogen-bond acceptors (Lipinski definition) is 3. The zero-order chi connectivity index (χ0) is 25.1. The molecule has 0 N–H and O–H groups in total. The molecule has 1 heterocycles. The number of anilines is 1. The molecule has 0 aliphatic carbocycles. The quantitative estimate of drug-likeness (QED) is 0.271. The molecule has 1 saturated heterocycles. The molecule has 1 atom stereocenters. The molecule has 4 nitrogen and oxygen atoms in total. The van der Waals surface area contributed by atoms with Crippen LogP contribution in [0.25, 0.3) is 0 Å². The normalized spacial score (nSPS) is 15.6. The van der Waals surface area contributed by atoms with Crippen molar-refractivity contribution in [3.63, 3.8) is 0 Å². The van der Waals surface area contributed by atoms with Gasteiger partial charge in [-0.05, 0) is 55.0 Å². The number of benzene rings is 4. The first kappa shape index (κ1) is 24.2. The molecule has 1 amide bonds. The lowest BCUT2D eigenvalue weighted by atomic mass is 9.99. The molecule has 6 heteroatoms. The first-order valence-electron chi connectivity index (χ1n) is 11.9. The second kappa shape index (κ2) is 10.7. The standard InChI is InChI=1S/C30H26Cl2N2O2/c1-21-11-13-22(14-12-21)28-20-33(17-18-34(28)27-16-15-23(31)19-26(27)32)30(35)25-9-5-6-10-29(25)36-24-7-3-2-4-8-24/h2-16,19,28H,17-18,20H2,1H3. The molecule has 1 aliphatic rings. The van der Waals surface area contributed by atoms with Gasteiger partial charge in [-0.3, -0.25) is 4.79 Å². The van der Waals surface area contributed by atoms with Gasteiger partial charge in [-0.1, -0.05) is 83.4 Å². The summed E-state index contributed by atoms with van der Waals surface area (Å²) in [7, 11) is 0. The van der Waals surface area contributed by atoms with Crippen LogP contribution in [0, 0.1) is 6.92 Å². The largest absolute Gasteiger partial charge is 0.457 e. The molecule has 0 bridgehead atoms. The van der Waals surface area contributed by atoms with E-state index in [9.17, 15) is 4.79 Å². The number of rotatable bonds is 5. The van der Waals surface area contributed by atoms with E-state index in [0.29, 0.717) is 46.7 Å². The van der Waals surface area contributed by atoms with Crippen LogP contribution < -0.4 is 9.64 Å². The van der Waals surface area contributed by atoms with Crippen molar-refractivity contribution >= 4 is 34.8 Å². The van der Waals surface area contributed by atoms with Gasteiger partial charge >= 0.3 is 0 Å². The lowest BCUT2D eigenvalue weighted by Crippen LogP contribution is -2.50. The molecule has 1 aliphatic heterocycles. The molecule has 1 fully saturated rings. The summed E-state index contributed by atoms with van der Waals surface area (Å²) in [6.07, 6.45) is 0. The number of ether oxygens (including phenoxy) is 1. The van der Waals surface area contributed by atoms with Crippen LogP contribution in [0.1, 0.15) is 27.5 Å². The lowest BCUT2D eigenvalue weighted by Gasteiger charge is -2.43. The molecule has 4 aromatic rings. The van der Waals surface area contributed by atoms with Crippen molar-refractivity contribution in [3.8, 4) is 11.5 Å². The summed E-state index contributed by atoms with van der Waals surface area (Å²) in [4.78, 5) is 17.9. The molecule has 36 heavy (non-hydrogen) atoms. The van der Waals surface area contributed by atoms with E-state index in [-0.39, 0.29) is 11.9 Å². The Morgan fingerprint density at radius 2 is 1.58 bits per heavy atom. The van der Waals surface area contributed by atoms with Crippen molar-refractivity contribution in [1.29, 1.82) is 0 Å². The third kappa shape index (κ3) is 5.20. The predicted octanol–water partition coefficient (Wildman–Crippen LogP) is 7.80. The van der Waals surface area contributed by atoms with Crippen molar-refractivity contribution in [2.75, 3.05) is 24.5 Å². The Labute approximate surface area is 221 Å². The highest BCUT2D eigenvalue weighted by atomic mass is 35.5. The number of hydrogen-bond donors (Lipinski definition) is 0. The van der Waals surface area contributed by atoms with Crippen molar-refractivity contribution in [2.24, 2.45) is 0 Å². The molecule has 0 aromatic heterocycles. The van der Waals surface area contributed by atoms with E-state index in [1.54, 1.807) is 6.07 Å². The van der Waals surface area contributed by atoms with E-state index in [1.165, 1.54) is 5.56 Å². The van der Waals surface area contributed by atoms with E-state index in [2.05, 4.69) is 36.1 Å². The minimum absolute atomic E-state index is 0.0551. The van der Waals surface area contributed by atoms with Crippen LogP contribution in [-0.2, 0) is 0 Å². The average Bonchev–Trinajstić information content (AvgIpc) is 2.90. The van der Waals surface area contributed by atoms with Gasteiger partial charge in [0.1, 0.15) is 11.5 Å². The van der Waals surface area contributed by atoms with Crippen LogP contribution in [0.5, 0.6) is 11.5 Å². The summed E-state index contributed by atoms with van der Waals surface area (Å²) in [5.74, 6) is 1.18. The summed E-state index contributed by atoms with van der Waals surface area (Å²) in [6, 6.07) is 30.9. The first-order valence-corrected chi connectivity index (χ1v) is 12.6. The van der Waals surface area contributed by atoms with Crippen LogP contribution in [0.4, 0.5) is 5.69 Å². The Morgan fingerprint density at radius 3 is 2.33 bits per heavy atom. The molecule has 0 spiro atoms. The van der Waals surface area contributed by atoms with Gasteiger partial charge in [0.25, 0.3) is 5.91 Å². The Balaban J connectivity index is 1.45. The molecule has 4 aromatic carbocycles. The molecular formula is C30H26Cl2N2O2. The highest BCUT2D eigenvalue weighted by Gasteiger charge is 2.33. The maximum Gasteiger partial charge on any atom is 0.257 e. The third-order valence-corrected chi connectivity index (χ3v) is 6.98. The summed E-state index contributed by atoms with van der Waals surface area (Å²) in [5, 5.41) is 1.19. The Morgan fingerprint density at radius 1 is 0.861 bits per heavy atom. The average molecular weight is 517 g/mol. The lowest BCUT2D eigenvalue weighted by molar-refractivity contribution is 0.0719. The fourth-order valence-corrected chi connectivity index (χ4v) is 5.08.